The van der Waals surface area contributed by atoms with Crippen LogP contribution in [0.15, 0.2) is 66.7 Å². The van der Waals surface area contributed by atoms with Crippen molar-refractivity contribution in [2.24, 2.45) is 0 Å². The summed E-state index contributed by atoms with van der Waals surface area (Å²) in [5.74, 6) is -0.678. The van der Waals surface area contributed by atoms with E-state index < -0.39 is 28.5 Å². The molecule has 7 nitrogen and oxygen atoms in total. The number of benzene rings is 3. The highest BCUT2D eigenvalue weighted by Crippen LogP contribution is 2.29. The lowest BCUT2D eigenvalue weighted by Crippen LogP contribution is -2.53. The third-order valence-corrected chi connectivity index (χ3v) is 7.83. The van der Waals surface area contributed by atoms with Crippen LogP contribution in [-0.2, 0) is 26.2 Å². The predicted octanol–water partition coefficient (Wildman–Crippen LogP) is 4.64. The number of fused-ring (bicyclic) bond motifs is 1. The highest BCUT2D eigenvalue weighted by Gasteiger charge is 2.32. The van der Waals surface area contributed by atoms with Gasteiger partial charge in [-0.1, -0.05) is 74.5 Å². The van der Waals surface area contributed by atoms with Gasteiger partial charge in [-0.05, 0) is 49.3 Å². The van der Waals surface area contributed by atoms with Gasteiger partial charge in [-0.25, -0.2) is 8.42 Å². The minimum Gasteiger partial charge on any atom is -0.352 e. The molecule has 0 saturated heterocycles. The number of rotatable bonds is 11. The summed E-state index contributed by atoms with van der Waals surface area (Å²) in [6.07, 6.45) is 2.25. The fourth-order valence-corrected chi connectivity index (χ4v) is 5.21. The van der Waals surface area contributed by atoms with Crippen LogP contribution < -0.4 is 9.62 Å². The van der Waals surface area contributed by atoms with Crippen LogP contribution in [0.4, 0.5) is 5.69 Å². The van der Waals surface area contributed by atoms with Crippen molar-refractivity contribution < 1.29 is 18.0 Å². The predicted molar refractivity (Wildman–Crippen MR) is 150 cm³/mol. The van der Waals surface area contributed by atoms with Gasteiger partial charge in [0, 0.05) is 18.0 Å². The normalized spacial score (nSPS) is 13.1. The van der Waals surface area contributed by atoms with Gasteiger partial charge in [0.1, 0.15) is 12.6 Å². The van der Waals surface area contributed by atoms with Crippen LogP contribution in [0, 0.1) is 6.92 Å². The summed E-state index contributed by atoms with van der Waals surface area (Å²) >= 11 is 0. The molecule has 2 atom stereocenters. The van der Waals surface area contributed by atoms with Crippen LogP contribution in [-0.4, -0.2) is 50.0 Å². The molecule has 0 fully saturated rings. The SMILES string of the molecule is CCC(C)NC(=O)C(CC)N(Cc1ccccc1C)C(=O)CN(c1cccc2ccccc12)S(C)(=O)=O. The summed E-state index contributed by atoms with van der Waals surface area (Å²) < 4.78 is 27.1. The molecule has 0 aromatic heterocycles. The smallest absolute Gasteiger partial charge is 0.244 e. The highest BCUT2D eigenvalue weighted by atomic mass is 32.2. The fourth-order valence-electron chi connectivity index (χ4n) is 4.35. The molecule has 0 spiro atoms. The van der Waals surface area contributed by atoms with Crippen molar-refractivity contribution in [3.8, 4) is 0 Å². The summed E-state index contributed by atoms with van der Waals surface area (Å²) in [5, 5.41) is 4.60. The first kappa shape index (κ1) is 28.2. The highest BCUT2D eigenvalue weighted by molar-refractivity contribution is 7.92. The molecule has 3 aromatic carbocycles. The number of aryl methyl sites for hydroxylation is 1. The van der Waals surface area contributed by atoms with Gasteiger partial charge in [0.25, 0.3) is 0 Å². The van der Waals surface area contributed by atoms with Crippen molar-refractivity contribution in [3.63, 3.8) is 0 Å². The van der Waals surface area contributed by atoms with E-state index in [9.17, 15) is 18.0 Å². The molecule has 3 rings (SSSR count). The molecule has 3 aromatic rings. The number of nitrogens with one attached hydrogen (secondary N) is 1. The van der Waals surface area contributed by atoms with Gasteiger partial charge >= 0.3 is 0 Å². The average Bonchev–Trinajstić information content (AvgIpc) is 2.87. The quantitative estimate of drug-likeness (QED) is 0.397. The van der Waals surface area contributed by atoms with Crippen LogP contribution in [0.5, 0.6) is 0 Å². The summed E-state index contributed by atoms with van der Waals surface area (Å²) in [5.41, 5.74) is 2.33. The Morgan fingerprint density at radius 2 is 1.57 bits per heavy atom. The van der Waals surface area contributed by atoms with Gasteiger partial charge in [-0.15, -0.1) is 0 Å². The first-order valence-corrected chi connectivity index (χ1v) is 14.5. The number of carbonyl (C=O) groups is 2. The van der Waals surface area contributed by atoms with Crippen LogP contribution in [0.3, 0.4) is 0 Å². The lowest BCUT2D eigenvalue weighted by atomic mass is 10.1. The van der Waals surface area contributed by atoms with Gasteiger partial charge < -0.3 is 10.2 Å². The molecule has 37 heavy (non-hydrogen) atoms. The Morgan fingerprint density at radius 1 is 0.919 bits per heavy atom. The molecule has 0 bridgehead atoms. The van der Waals surface area contributed by atoms with E-state index in [4.69, 9.17) is 0 Å². The second-order valence-corrected chi connectivity index (χ2v) is 11.4. The van der Waals surface area contributed by atoms with E-state index in [1.54, 1.807) is 12.1 Å². The molecule has 198 valence electrons. The zero-order valence-electron chi connectivity index (χ0n) is 22.3. The van der Waals surface area contributed by atoms with Crippen molar-refractivity contribution >= 4 is 38.3 Å². The number of amides is 2. The Hall–Kier alpha value is -3.39. The monoisotopic (exact) mass is 523 g/mol. The van der Waals surface area contributed by atoms with Crippen molar-refractivity contribution in [1.29, 1.82) is 0 Å². The Labute approximate surface area is 220 Å². The number of sulfonamides is 1. The molecule has 0 heterocycles. The standard InChI is InChI=1S/C29H37N3O4S/c1-6-22(4)30-29(34)26(7-2)31(19-24-15-9-8-13-21(24)3)28(33)20-32(37(5,35)36)27-18-12-16-23-14-10-11-17-25(23)27/h8-18,22,26H,6-7,19-20H2,1-5H3,(H,30,34). The van der Waals surface area contributed by atoms with E-state index in [0.717, 1.165) is 38.9 Å². The van der Waals surface area contributed by atoms with Crippen molar-refractivity contribution in [3.05, 3.63) is 77.9 Å². The molecule has 0 aliphatic heterocycles. The number of carbonyl (C=O) groups excluding carboxylic acids is 2. The summed E-state index contributed by atoms with van der Waals surface area (Å²) in [6, 6.07) is 19.8. The third-order valence-electron chi connectivity index (χ3n) is 6.70. The molecular formula is C29H37N3O4S. The molecule has 0 radical (unpaired) electrons. The summed E-state index contributed by atoms with van der Waals surface area (Å²) in [7, 11) is -3.81. The van der Waals surface area contributed by atoms with Crippen molar-refractivity contribution in [1.82, 2.24) is 10.2 Å². The largest absolute Gasteiger partial charge is 0.352 e. The molecule has 1 N–H and O–H groups in total. The van der Waals surface area contributed by atoms with Gasteiger partial charge in [0.05, 0.1) is 11.9 Å². The molecule has 0 aliphatic carbocycles. The number of nitrogens with zero attached hydrogens (tertiary/aromatic N) is 2. The third kappa shape index (κ3) is 6.89. The molecule has 0 aliphatic rings. The lowest BCUT2D eigenvalue weighted by Gasteiger charge is -2.34. The molecule has 2 unspecified atom stereocenters. The Bertz CT molecular complexity index is 1350. The van der Waals surface area contributed by atoms with Crippen molar-refractivity contribution in [2.45, 2.75) is 59.2 Å². The van der Waals surface area contributed by atoms with E-state index in [-0.39, 0.29) is 18.5 Å². The lowest BCUT2D eigenvalue weighted by molar-refractivity contribution is -0.140. The Morgan fingerprint density at radius 3 is 2.22 bits per heavy atom. The average molecular weight is 524 g/mol. The number of hydrogen-bond donors (Lipinski definition) is 1. The number of anilines is 1. The Balaban J connectivity index is 2.03. The Kier molecular flexibility index (Phi) is 9.32. The minimum atomic E-state index is -3.81. The second kappa shape index (κ2) is 12.2. The fraction of sp³-hybridized carbons (Fsp3) is 0.379. The molecule has 0 saturated carbocycles. The van der Waals surface area contributed by atoms with E-state index in [1.165, 1.54) is 4.90 Å². The minimum absolute atomic E-state index is 0.0415. The van der Waals surface area contributed by atoms with E-state index in [2.05, 4.69) is 5.32 Å². The first-order valence-electron chi connectivity index (χ1n) is 12.7. The van der Waals surface area contributed by atoms with Gasteiger partial charge in [0.15, 0.2) is 0 Å². The maximum Gasteiger partial charge on any atom is 0.244 e. The molecular weight excluding hydrogens is 486 g/mol. The van der Waals surface area contributed by atoms with E-state index >= 15 is 0 Å². The summed E-state index contributed by atoms with van der Waals surface area (Å²) in [4.78, 5) is 28.7. The van der Waals surface area contributed by atoms with Gasteiger partial charge in [-0.3, -0.25) is 13.9 Å². The van der Waals surface area contributed by atoms with Crippen LogP contribution in [0.1, 0.15) is 44.7 Å². The molecule has 2 amide bonds. The van der Waals surface area contributed by atoms with Crippen LogP contribution in [0.25, 0.3) is 10.8 Å². The maximum absolute atomic E-state index is 13.9. The van der Waals surface area contributed by atoms with E-state index in [1.807, 2.05) is 82.3 Å². The van der Waals surface area contributed by atoms with Crippen LogP contribution in [0.2, 0.25) is 0 Å². The maximum atomic E-state index is 13.9. The van der Waals surface area contributed by atoms with E-state index in [0.29, 0.717) is 12.1 Å². The molecule has 8 heteroatoms. The number of hydrogen-bond acceptors (Lipinski definition) is 4. The van der Waals surface area contributed by atoms with Gasteiger partial charge in [-0.2, -0.15) is 0 Å². The van der Waals surface area contributed by atoms with Crippen LogP contribution >= 0.6 is 0 Å². The van der Waals surface area contributed by atoms with Crippen molar-refractivity contribution in [2.75, 3.05) is 17.1 Å². The second-order valence-electron chi connectivity index (χ2n) is 9.46. The first-order chi connectivity index (χ1) is 17.6. The zero-order chi connectivity index (χ0) is 27.2. The van der Waals surface area contributed by atoms with Gasteiger partial charge in [0.2, 0.25) is 21.8 Å². The zero-order valence-corrected chi connectivity index (χ0v) is 23.1. The topological polar surface area (TPSA) is 86.8 Å². The summed E-state index contributed by atoms with van der Waals surface area (Å²) in [6.45, 7) is 7.51.